The van der Waals surface area contributed by atoms with Gasteiger partial charge in [-0.25, -0.2) is 4.79 Å². The van der Waals surface area contributed by atoms with Crippen molar-refractivity contribution in [3.63, 3.8) is 0 Å². The van der Waals surface area contributed by atoms with E-state index in [9.17, 15) is 14.4 Å². The van der Waals surface area contributed by atoms with Gasteiger partial charge in [-0.3, -0.25) is 14.6 Å². The Bertz CT molecular complexity index is 1190. The fourth-order valence-electron chi connectivity index (χ4n) is 3.67. The third kappa shape index (κ3) is 5.04. The molecule has 4 rings (SSSR count). The predicted octanol–water partition coefficient (Wildman–Crippen LogP) is 4.12. The molecule has 0 spiro atoms. The first-order valence-electron chi connectivity index (χ1n) is 10.4. The molecule has 1 aliphatic rings. The maximum absolute atomic E-state index is 13.2. The SMILES string of the molecule is COC(=O)c1cc(CNC(=O)c2cccnc2)cc(NC(=O)C2(c3ccc(Cl)cc3)CC2)c1. The molecule has 7 nitrogen and oxygen atoms in total. The van der Waals surface area contributed by atoms with Gasteiger partial charge in [0.05, 0.1) is 23.7 Å². The van der Waals surface area contributed by atoms with Crippen molar-refractivity contribution in [1.82, 2.24) is 10.3 Å². The third-order valence-electron chi connectivity index (χ3n) is 5.63. The van der Waals surface area contributed by atoms with Gasteiger partial charge in [0.15, 0.2) is 0 Å². The van der Waals surface area contributed by atoms with Crippen LogP contribution in [-0.2, 0) is 21.5 Å². The van der Waals surface area contributed by atoms with Crippen molar-refractivity contribution in [2.45, 2.75) is 24.8 Å². The Morgan fingerprint density at radius 2 is 1.82 bits per heavy atom. The molecule has 0 saturated heterocycles. The van der Waals surface area contributed by atoms with Gasteiger partial charge in [0.1, 0.15) is 0 Å². The first-order valence-corrected chi connectivity index (χ1v) is 10.8. The Kier molecular flexibility index (Phi) is 6.42. The number of nitrogens with one attached hydrogen (secondary N) is 2. The molecule has 1 heterocycles. The minimum atomic E-state index is -0.611. The summed E-state index contributed by atoms with van der Waals surface area (Å²) in [6, 6.07) is 15.5. The van der Waals surface area contributed by atoms with Crippen LogP contribution in [0.3, 0.4) is 0 Å². The number of halogens is 1. The fraction of sp³-hybridized carbons (Fsp3) is 0.200. The highest BCUT2D eigenvalue weighted by atomic mass is 35.5. The van der Waals surface area contributed by atoms with Crippen LogP contribution in [0.5, 0.6) is 0 Å². The molecule has 0 atom stereocenters. The zero-order valence-electron chi connectivity index (χ0n) is 17.9. The van der Waals surface area contributed by atoms with Crippen LogP contribution < -0.4 is 10.6 Å². The number of pyridine rings is 1. The third-order valence-corrected chi connectivity index (χ3v) is 5.88. The number of hydrogen-bond acceptors (Lipinski definition) is 5. The van der Waals surface area contributed by atoms with Crippen molar-refractivity contribution in [2.24, 2.45) is 0 Å². The van der Waals surface area contributed by atoms with Crippen LogP contribution >= 0.6 is 11.6 Å². The number of aromatic nitrogens is 1. The van der Waals surface area contributed by atoms with Crippen LogP contribution in [0.2, 0.25) is 5.02 Å². The second-order valence-electron chi connectivity index (χ2n) is 7.88. The number of carbonyl (C=O) groups excluding carboxylic acids is 3. The first kappa shape index (κ1) is 22.5. The molecule has 0 aliphatic heterocycles. The van der Waals surface area contributed by atoms with Gasteiger partial charge in [0.25, 0.3) is 5.91 Å². The molecule has 2 aromatic carbocycles. The lowest BCUT2D eigenvalue weighted by Crippen LogP contribution is -2.28. The summed E-state index contributed by atoms with van der Waals surface area (Å²) in [7, 11) is 1.29. The minimum absolute atomic E-state index is 0.155. The summed E-state index contributed by atoms with van der Waals surface area (Å²) in [5, 5.41) is 6.34. The Morgan fingerprint density at radius 1 is 1.06 bits per heavy atom. The zero-order chi connectivity index (χ0) is 23.4. The topological polar surface area (TPSA) is 97.4 Å². The van der Waals surface area contributed by atoms with Crippen molar-refractivity contribution in [3.8, 4) is 0 Å². The van der Waals surface area contributed by atoms with Gasteiger partial charge >= 0.3 is 5.97 Å². The van der Waals surface area contributed by atoms with Gasteiger partial charge in [0, 0.05) is 29.6 Å². The summed E-state index contributed by atoms with van der Waals surface area (Å²) >= 11 is 5.98. The molecular formula is C25H22ClN3O4. The summed E-state index contributed by atoms with van der Waals surface area (Å²) in [5.74, 6) is -0.987. The lowest BCUT2D eigenvalue weighted by molar-refractivity contribution is -0.118. The molecule has 168 valence electrons. The van der Waals surface area contributed by atoms with E-state index in [1.54, 1.807) is 48.7 Å². The van der Waals surface area contributed by atoms with Crippen LogP contribution in [0, 0.1) is 0 Å². The van der Waals surface area contributed by atoms with Crippen molar-refractivity contribution >= 4 is 35.1 Å². The molecule has 1 fully saturated rings. The Morgan fingerprint density at radius 3 is 2.45 bits per heavy atom. The standard InChI is InChI=1S/C25H22ClN3O4/c1-33-23(31)18-11-16(14-28-22(30)17-3-2-10-27-15-17)12-21(13-18)29-24(32)25(8-9-25)19-4-6-20(26)7-5-19/h2-7,10-13,15H,8-9,14H2,1H3,(H,28,30)(H,29,32). The number of benzene rings is 2. The molecule has 0 unspecified atom stereocenters. The minimum Gasteiger partial charge on any atom is -0.465 e. The van der Waals surface area contributed by atoms with Crippen LogP contribution in [-0.4, -0.2) is 29.9 Å². The highest BCUT2D eigenvalue weighted by Crippen LogP contribution is 2.49. The van der Waals surface area contributed by atoms with Crippen molar-refractivity contribution < 1.29 is 19.1 Å². The zero-order valence-corrected chi connectivity index (χ0v) is 18.7. The van der Waals surface area contributed by atoms with Crippen molar-refractivity contribution in [1.29, 1.82) is 0 Å². The molecule has 3 aromatic rings. The van der Waals surface area contributed by atoms with Crippen molar-refractivity contribution in [2.75, 3.05) is 12.4 Å². The molecule has 2 amide bonds. The fourth-order valence-corrected chi connectivity index (χ4v) is 3.80. The molecule has 1 aromatic heterocycles. The second-order valence-corrected chi connectivity index (χ2v) is 8.31. The quantitative estimate of drug-likeness (QED) is 0.513. The smallest absolute Gasteiger partial charge is 0.337 e. The highest BCUT2D eigenvalue weighted by molar-refractivity contribution is 6.30. The second kappa shape index (κ2) is 9.42. The van der Waals surface area contributed by atoms with E-state index in [0.29, 0.717) is 21.8 Å². The van der Waals surface area contributed by atoms with Crippen LogP contribution in [0.4, 0.5) is 5.69 Å². The highest BCUT2D eigenvalue weighted by Gasteiger charge is 2.51. The van der Waals surface area contributed by atoms with Gasteiger partial charge in [-0.15, -0.1) is 0 Å². The number of amides is 2. The lowest BCUT2D eigenvalue weighted by atomic mass is 9.95. The normalized spacial score (nSPS) is 13.6. The monoisotopic (exact) mass is 463 g/mol. The van der Waals surface area contributed by atoms with E-state index in [4.69, 9.17) is 16.3 Å². The molecular weight excluding hydrogens is 442 g/mol. The Labute approximate surface area is 196 Å². The lowest BCUT2D eigenvalue weighted by Gasteiger charge is -2.17. The maximum atomic E-state index is 13.2. The summed E-state index contributed by atoms with van der Waals surface area (Å²) < 4.78 is 4.85. The van der Waals surface area contributed by atoms with E-state index < -0.39 is 11.4 Å². The van der Waals surface area contributed by atoms with Gasteiger partial charge in [-0.05, 0) is 66.4 Å². The van der Waals surface area contributed by atoms with Gasteiger partial charge in [0.2, 0.25) is 5.91 Å². The number of methoxy groups -OCH3 is 1. The van der Waals surface area contributed by atoms with Gasteiger partial charge in [-0.1, -0.05) is 23.7 Å². The molecule has 2 N–H and O–H groups in total. The number of anilines is 1. The average Bonchev–Trinajstić information content (AvgIpc) is 3.65. The van der Waals surface area contributed by atoms with E-state index in [2.05, 4.69) is 15.6 Å². The van der Waals surface area contributed by atoms with E-state index in [1.807, 2.05) is 12.1 Å². The molecule has 1 saturated carbocycles. The number of ether oxygens (including phenoxy) is 1. The van der Waals surface area contributed by atoms with Crippen LogP contribution in [0.1, 0.15) is 44.7 Å². The number of esters is 1. The van der Waals surface area contributed by atoms with Crippen LogP contribution in [0.25, 0.3) is 0 Å². The van der Waals surface area contributed by atoms with Gasteiger partial charge < -0.3 is 15.4 Å². The van der Waals surface area contributed by atoms with E-state index >= 15 is 0 Å². The largest absolute Gasteiger partial charge is 0.465 e. The number of carbonyl (C=O) groups is 3. The van der Waals surface area contributed by atoms with Gasteiger partial charge in [-0.2, -0.15) is 0 Å². The summed E-state index contributed by atoms with van der Waals surface area (Å²) in [4.78, 5) is 41.6. The summed E-state index contributed by atoms with van der Waals surface area (Å²) in [6.07, 6.45) is 4.51. The van der Waals surface area contributed by atoms with E-state index in [0.717, 1.165) is 18.4 Å². The first-order chi connectivity index (χ1) is 15.9. The summed E-state index contributed by atoms with van der Waals surface area (Å²) in [6.45, 7) is 0.157. The molecule has 1 aliphatic carbocycles. The molecule has 8 heteroatoms. The maximum Gasteiger partial charge on any atom is 0.337 e. The molecule has 0 radical (unpaired) electrons. The average molecular weight is 464 g/mol. The number of nitrogens with zero attached hydrogens (tertiary/aromatic N) is 1. The van der Waals surface area contributed by atoms with E-state index in [-0.39, 0.29) is 23.9 Å². The Hall–Kier alpha value is -3.71. The number of hydrogen-bond donors (Lipinski definition) is 2. The Balaban J connectivity index is 1.53. The van der Waals surface area contributed by atoms with Crippen molar-refractivity contribution in [3.05, 3.63) is 94.3 Å². The predicted molar refractivity (Wildman–Crippen MR) is 124 cm³/mol. The summed E-state index contributed by atoms with van der Waals surface area (Å²) in [5.41, 5.74) is 2.08. The molecule has 33 heavy (non-hydrogen) atoms. The van der Waals surface area contributed by atoms with E-state index in [1.165, 1.54) is 13.3 Å². The number of rotatable bonds is 7. The molecule has 0 bridgehead atoms. The van der Waals surface area contributed by atoms with Crippen LogP contribution in [0.15, 0.2) is 67.0 Å².